The molecule has 0 spiro atoms. The average molecular weight is 238 g/mol. The van der Waals surface area contributed by atoms with Gasteiger partial charge in [-0.1, -0.05) is 0 Å². The van der Waals surface area contributed by atoms with E-state index in [1.807, 2.05) is 19.1 Å². The highest BCUT2D eigenvalue weighted by atomic mass is 79.9. The summed E-state index contributed by atoms with van der Waals surface area (Å²) in [6.45, 7) is 2.04. The molecule has 0 bridgehead atoms. The Morgan fingerprint density at radius 2 is 2.31 bits per heavy atom. The van der Waals surface area contributed by atoms with Gasteiger partial charge in [-0.05, 0) is 40.5 Å². The zero-order valence-electron chi connectivity index (χ0n) is 7.08. The molecule has 0 aliphatic heterocycles. The van der Waals surface area contributed by atoms with Gasteiger partial charge in [0.15, 0.2) is 0 Å². The van der Waals surface area contributed by atoms with E-state index in [9.17, 15) is 0 Å². The van der Waals surface area contributed by atoms with Crippen LogP contribution in [0.2, 0.25) is 0 Å². The van der Waals surface area contributed by atoms with E-state index < -0.39 is 0 Å². The summed E-state index contributed by atoms with van der Waals surface area (Å²) in [5, 5.41) is 6.81. The zero-order chi connectivity index (χ0) is 9.26. The van der Waals surface area contributed by atoms with Crippen LogP contribution in [0.3, 0.4) is 0 Å². The summed E-state index contributed by atoms with van der Waals surface area (Å²) in [5.74, 6) is 0. The molecule has 2 aromatic heterocycles. The second kappa shape index (κ2) is 3.30. The number of nitrogens with one attached hydrogen (secondary N) is 1. The van der Waals surface area contributed by atoms with Gasteiger partial charge in [0.2, 0.25) is 0 Å². The first kappa shape index (κ1) is 8.44. The summed E-state index contributed by atoms with van der Waals surface area (Å²) in [6.07, 6.45) is 3.51. The Bertz CT molecular complexity index is 422. The van der Waals surface area contributed by atoms with Crippen molar-refractivity contribution in [1.29, 1.82) is 0 Å². The van der Waals surface area contributed by atoms with Crippen LogP contribution in [0.1, 0.15) is 5.56 Å². The number of H-pyrrole nitrogens is 1. The minimum atomic E-state index is 0.907. The molecular formula is C9H8BrN3. The summed E-state index contributed by atoms with van der Waals surface area (Å²) in [6, 6.07) is 3.98. The molecule has 0 fully saturated rings. The van der Waals surface area contributed by atoms with Crippen molar-refractivity contribution in [2.75, 3.05) is 0 Å². The van der Waals surface area contributed by atoms with Gasteiger partial charge in [0.05, 0.1) is 22.1 Å². The van der Waals surface area contributed by atoms with Crippen LogP contribution in [0, 0.1) is 6.92 Å². The molecule has 0 aromatic carbocycles. The molecular weight excluding hydrogens is 230 g/mol. The molecule has 0 radical (unpaired) electrons. The van der Waals surface area contributed by atoms with Crippen LogP contribution in [-0.2, 0) is 0 Å². The lowest BCUT2D eigenvalue weighted by atomic mass is 10.2. The largest absolute Gasteiger partial charge is 0.275 e. The van der Waals surface area contributed by atoms with E-state index in [1.165, 1.54) is 5.56 Å². The van der Waals surface area contributed by atoms with Crippen molar-refractivity contribution in [2.24, 2.45) is 0 Å². The van der Waals surface area contributed by atoms with Gasteiger partial charge < -0.3 is 0 Å². The third-order valence-corrected chi connectivity index (χ3v) is 2.37. The average Bonchev–Trinajstić information content (AvgIpc) is 2.51. The van der Waals surface area contributed by atoms with Gasteiger partial charge >= 0.3 is 0 Å². The van der Waals surface area contributed by atoms with Crippen LogP contribution in [0.5, 0.6) is 0 Å². The maximum absolute atomic E-state index is 4.24. The maximum atomic E-state index is 4.24. The topological polar surface area (TPSA) is 41.6 Å². The van der Waals surface area contributed by atoms with Crippen LogP contribution >= 0.6 is 15.9 Å². The van der Waals surface area contributed by atoms with E-state index in [0.29, 0.717) is 0 Å². The third-order valence-electron chi connectivity index (χ3n) is 1.76. The molecule has 0 amide bonds. The highest BCUT2D eigenvalue weighted by Crippen LogP contribution is 2.23. The molecule has 2 aromatic rings. The van der Waals surface area contributed by atoms with Crippen molar-refractivity contribution in [3.8, 4) is 11.4 Å². The quantitative estimate of drug-likeness (QED) is 0.829. The molecule has 66 valence electrons. The Kier molecular flexibility index (Phi) is 2.14. The lowest BCUT2D eigenvalue weighted by Gasteiger charge is -1.98. The lowest BCUT2D eigenvalue weighted by Crippen LogP contribution is -1.85. The normalized spacial score (nSPS) is 10.3. The Balaban J connectivity index is 2.53. The number of rotatable bonds is 1. The molecule has 0 atom stereocenters. The van der Waals surface area contributed by atoms with E-state index in [-0.39, 0.29) is 0 Å². The fourth-order valence-corrected chi connectivity index (χ4v) is 1.52. The SMILES string of the molecule is Cc1ccnc(-c2[nH]ncc2Br)c1. The van der Waals surface area contributed by atoms with Gasteiger partial charge in [0.25, 0.3) is 0 Å². The molecule has 0 unspecified atom stereocenters. The summed E-state index contributed by atoms with van der Waals surface area (Å²) in [5.41, 5.74) is 3.01. The van der Waals surface area contributed by atoms with Gasteiger partial charge in [-0.3, -0.25) is 10.1 Å². The smallest absolute Gasteiger partial charge is 0.0976 e. The highest BCUT2D eigenvalue weighted by molar-refractivity contribution is 9.10. The van der Waals surface area contributed by atoms with Gasteiger partial charge in [-0.15, -0.1) is 0 Å². The van der Waals surface area contributed by atoms with Gasteiger partial charge in [0.1, 0.15) is 0 Å². The van der Waals surface area contributed by atoms with Crippen LogP contribution in [0.25, 0.3) is 11.4 Å². The number of hydrogen-bond acceptors (Lipinski definition) is 2. The van der Waals surface area contributed by atoms with Gasteiger partial charge in [-0.25, -0.2) is 0 Å². The van der Waals surface area contributed by atoms with Crippen molar-refractivity contribution in [1.82, 2.24) is 15.2 Å². The van der Waals surface area contributed by atoms with Crippen LogP contribution in [-0.4, -0.2) is 15.2 Å². The molecule has 13 heavy (non-hydrogen) atoms. The molecule has 2 heterocycles. The summed E-state index contributed by atoms with van der Waals surface area (Å²) < 4.78 is 0.936. The maximum Gasteiger partial charge on any atom is 0.0976 e. The number of aryl methyl sites for hydroxylation is 1. The Labute approximate surface area is 84.3 Å². The minimum Gasteiger partial charge on any atom is -0.275 e. The van der Waals surface area contributed by atoms with E-state index in [0.717, 1.165) is 15.9 Å². The monoisotopic (exact) mass is 237 g/mol. The standard InChI is InChI=1S/C9H8BrN3/c1-6-2-3-11-8(4-6)9-7(10)5-12-13-9/h2-5H,1H3,(H,12,13). The first-order valence-electron chi connectivity index (χ1n) is 3.89. The molecule has 1 N–H and O–H groups in total. The predicted octanol–water partition coefficient (Wildman–Crippen LogP) is 2.54. The van der Waals surface area contributed by atoms with E-state index in [1.54, 1.807) is 12.4 Å². The number of aromatic amines is 1. The number of hydrogen-bond donors (Lipinski definition) is 1. The highest BCUT2D eigenvalue weighted by Gasteiger charge is 2.05. The van der Waals surface area contributed by atoms with Crippen LogP contribution < -0.4 is 0 Å². The fourth-order valence-electron chi connectivity index (χ4n) is 1.12. The van der Waals surface area contributed by atoms with Crippen molar-refractivity contribution in [3.05, 3.63) is 34.6 Å². The van der Waals surface area contributed by atoms with Gasteiger partial charge in [0, 0.05) is 6.20 Å². The minimum absolute atomic E-state index is 0.907. The van der Waals surface area contributed by atoms with Crippen LogP contribution in [0.4, 0.5) is 0 Å². The lowest BCUT2D eigenvalue weighted by molar-refractivity contribution is 1.08. The van der Waals surface area contributed by atoms with E-state index in [2.05, 4.69) is 31.1 Å². The molecule has 3 nitrogen and oxygen atoms in total. The third kappa shape index (κ3) is 1.62. The number of pyridine rings is 1. The van der Waals surface area contributed by atoms with Crippen LogP contribution in [0.15, 0.2) is 29.0 Å². The summed E-state index contributed by atoms with van der Waals surface area (Å²) in [4.78, 5) is 4.24. The Morgan fingerprint density at radius 3 is 2.92 bits per heavy atom. The van der Waals surface area contributed by atoms with Crippen molar-refractivity contribution >= 4 is 15.9 Å². The van der Waals surface area contributed by atoms with Crippen molar-refractivity contribution in [2.45, 2.75) is 6.92 Å². The van der Waals surface area contributed by atoms with E-state index >= 15 is 0 Å². The second-order valence-corrected chi connectivity index (χ2v) is 3.67. The number of aromatic nitrogens is 3. The molecule has 0 aliphatic rings. The fraction of sp³-hybridized carbons (Fsp3) is 0.111. The second-order valence-electron chi connectivity index (χ2n) is 2.81. The first-order chi connectivity index (χ1) is 6.27. The van der Waals surface area contributed by atoms with Crippen molar-refractivity contribution < 1.29 is 0 Å². The predicted molar refractivity (Wildman–Crippen MR) is 54.3 cm³/mol. The molecule has 4 heteroatoms. The number of nitrogens with zero attached hydrogens (tertiary/aromatic N) is 2. The molecule has 0 saturated carbocycles. The van der Waals surface area contributed by atoms with Gasteiger partial charge in [-0.2, -0.15) is 5.10 Å². The first-order valence-corrected chi connectivity index (χ1v) is 4.68. The summed E-state index contributed by atoms with van der Waals surface area (Å²) in [7, 11) is 0. The van der Waals surface area contributed by atoms with E-state index in [4.69, 9.17) is 0 Å². The Morgan fingerprint density at radius 1 is 1.46 bits per heavy atom. The van der Waals surface area contributed by atoms with Crippen molar-refractivity contribution in [3.63, 3.8) is 0 Å². The zero-order valence-corrected chi connectivity index (χ0v) is 8.67. The molecule has 0 aliphatic carbocycles. The molecule has 2 rings (SSSR count). The summed E-state index contributed by atoms with van der Waals surface area (Å²) >= 11 is 3.39. The molecule has 0 saturated heterocycles. The Hall–Kier alpha value is -1.16. The number of halogens is 1.